The number of esters is 2. The molecule has 0 aromatic rings. The van der Waals surface area contributed by atoms with Crippen LogP contribution in [0.1, 0.15) is 168 Å². The van der Waals surface area contributed by atoms with Crippen LogP contribution in [0.4, 0.5) is 0 Å². The van der Waals surface area contributed by atoms with Gasteiger partial charge in [-0.3, -0.25) is 9.59 Å². The Kier molecular flexibility index (Phi) is 30.1. The van der Waals surface area contributed by atoms with Crippen LogP contribution in [-0.4, -0.2) is 80.6 Å². The summed E-state index contributed by atoms with van der Waals surface area (Å²) in [7, 11) is 5.51. The van der Waals surface area contributed by atoms with Gasteiger partial charge in [-0.25, -0.2) is 4.79 Å². The van der Waals surface area contributed by atoms with E-state index in [4.69, 9.17) is 14.2 Å². The molecule has 0 aromatic heterocycles. The molecule has 0 fully saturated rings. The number of carboxylic acids is 1. The molecule has 0 aliphatic rings. The topological polar surface area (TPSA) is 99.1 Å². The van der Waals surface area contributed by atoms with Crippen molar-refractivity contribution < 1.29 is 38.2 Å². The third-order valence-electron chi connectivity index (χ3n) is 8.66. The number of ether oxygens (including phenoxy) is 3. The predicted molar refractivity (Wildman–Crippen MR) is 192 cm³/mol. The molecule has 0 saturated heterocycles. The van der Waals surface area contributed by atoms with Crippen molar-refractivity contribution in [3.05, 3.63) is 12.2 Å². The van der Waals surface area contributed by atoms with E-state index >= 15 is 0 Å². The van der Waals surface area contributed by atoms with Crippen LogP contribution in [0.15, 0.2) is 12.2 Å². The van der Waals surface area contributed by atoms with Crippen LogP contribution < -0.4 is 0 Å². The van der Waals surface area contributed by atoms with Crippen molar-refractivity contribution in [3.63, 3.8) is 0 Å². The van der Waals surface area contributed by atoms with Gasteiger partial charge in [-0.05, 0) is 38.5 Å². The summed E-state index contributed by atoms with van der Waals surface area (Å²) in [5.41, 5.74) is 0. The molecule has 276 valence electrons. The number of aliphatic carboxylic acids is 1. The van der Waals surface area contributed by atoms with E-state index in [1.807, 2.05) is 21.1 Å². The SMILES string of the molecule is CCCCCCCCC/C=C\CCCCCCCC(=O)OC(COCCC(C(=O)O)[N+](C)(C)C)COC(=O)CCCCCCCCC. The molecule has 2 unspecified atom stereocenters. The average Bonchev–Trinajstić information content (AvgIpc) is 3.01. The average molecular weight is 669 g/mol. The first-order chi connectivity index (χ1) is 22.6. The quantitative estimate of drug-likeness (QED) is 0.0315. The zero-order chi connectivity index (χ0) is 35.0. The second kappa shape index (κ2) is 31.3. The lowest BCUT2D eigenvalue weighted by atomic mass is 10.1. The number of likely N-dealkylation sites (N-methyl/N-ethyl adjacent to an activating group) is 1. The van der Waals surface area contributed by atoms with Gasteiger partial charge in [0.2, 0.25) is 0 Å². The van der Waals surface area contributed by atoms with Gasteiger partial charge in [0.25, 0.3) is 0 Å². The molecule has 8 nitrogen and oxygen atoms in total. The fraction of sp³-hybridized carbons (Fsp3) is 0.872. The molecule has 0 aliphatic heterocycles. The summed E-state index contributed by atoms with van der Waals surface area (Å²) in [4.78, 5) is 36.6. The van der Waals surface area contributed by atoms with E-state index in [-0.39, 0.29) is 36.2 Å². The van der Waals surface area contributed by atoms with Gasteiger partial charge in [-0.2, -0.15) is 0 Å². The van der Waals surface area contributed by atoms with Gasteiger partial charge < -0.3 is 23.8 Å². The lowest BCUT2D eigenvalue weighted by Crippen LogP contribution is -2.50. The molecule has 0 heterocycles. The number of carbonyl (C=O) groups excluding carboxylic acids is 2. The number of rotatable bonds is 34. The summed E-state index contributed by atoms with van der Waals surface area (Å²) in [6, 6.07) is -0.610. The van der Waals surface area contributed by atoms with Crippen molar-refractivity contribution in [2.45, 2.75) is 180 Å². The molecule has 47 heavy (non-hydrogen) atoms. The fourth-order valence-electron chi connectivity index (χ4n) is 5.61. The van der Waals surface area contributed by atoms with E-state index in [2.05, 4.69) is 26.0 Å². The monoisotopic (exact) mass is 669 g/mol. The molecule has 0 aromatic carbocycles. The van der Waals surface area contributed by atoms with Crippen LogP contribution in [0.25, 0.3) is 0 Å². The second-order valence-electron chi connectivity index (χ2n) is 14.2. The second-order valence-corrected chi connectivity index (χ2v) is 14.2. The maximum absolute atomic E-state index is 12.6. The third-order valence-corrected chi connectivity index (χ3v) is 8.66. The Morgan fingerprint density at radius 2 is 1.06 bits per heavy atom. The number of hydrogen-bond donors (Lipinski definition) is 1. The smallest absolute Gasteiger partial charge is 0.362 e. The van der Waals surface area contributed by atoms with Gasteiger partial charge in [-0.1, -0.05) is 122 Å². The summed E-state index contributed by atoms with van der Waals surface area (Å²) in [5, 5.41) is 9.56. The Hall–Kier alpha value is -1.93. The number of nitrogens with zero attached hydrogens (tertiary/aromatic N) is 1. The Bertz CT molecular complexity index is 793. The molecule has 0 radical (unpaired) electrons. The van der Waals surface area contributed by atoms with Crippen molar-refractivity contribution in [1.82, 2.24) is 0 Å². The first kappa shape index (κ1) is 45.1. The highest BCUT2D eigenvalue weighted by molar-refractivity contribution is 5.72. The van der Waals surface area contributed by atoms with E-state index in [1.165, 1.54) is 83.5 Å². The number of hydrogen-bond acceptors (Lipinski definition) is 6. The Balaban J connectivity index is 4.35. The summed E-state index contributed by atoms with van der Waals surface area (Å²) < 4.78 is 17.1. The Labute approximate surface area is 289 Å². The van der Waals surface area contributed by atoms with E-state index in [1.54, 1.807) is 0 Å². The van der Waals surface area contributed by atoms with Crippen LogP contribution in [-0.2, 0) is 28.6 Å². The fourth-order valence-corrected chi connectivity index (χ4v) is 5.61. The molecule has 0 spiro atoms. The third kappa shape index (κ3) is 29.9. The number of unbranched alkanes of at least 4 members (excludes halogenated alkanes) is 18. The van der Waals surface area contributed by atoms with Crippen molar-refractivity contribution >= 4 is 17.9 Å². The van der Waals surface area contributed by atoms with Gasteiger partial charge >= 0.3 is 17.9 Å². The molecule has 0 rings (SSSR count). The molecule has 0 amide bonds. The largest absolute Gasteiger partial charge is 0.477 e. The minimum Gasteiger partial charge on any atom is -0.477 e. The lowest BCUT2D eigenvalue weighted by Gasteiger charge is -2.31. The number of carbonyl (C=O) groups is 3. The Morgan fingerprint density at radius 3 is 1.53 bits per heavy atom. The van der Waals surface area contributed by atoms with Crippen molar-refractivity contribution in [3.8, 4) is 0 Å². The van der Waals surface area contributed by atoms with E-state index in [0.717, 1.165) is 51.4 Å². The maximum Gasteiger partial charge on any atom is 0.362 e. The first-order valence-electron chi connectivity index (χ1n) is 19.2. The molecule has 8 heteroatoms. The van der Waals surface area contributed by atoms with E-state index in [0.29, 0.717) is 19.3 Å². The highest BCUT2D eigenvalue weighted by Crippen LogP contribution is 2.13. The van der Waals surface area contributed by atoms with Crippen LogP contribution in [0, 0.1) is 0 Å². The predicted octanol–water partition coefficient (Wildman–Crippen LogP) is 9.58. The molecule has 1 N–H and O–H groups in total. The van der Waals surface area contributed by atoms with Gasteiger partial charge in [0, 0.05) is 19.3 Å². The standard InChI is InChI=1S/C39H73NO7/c1-6-8-10-12-14-15-16-17-18-19-20-21-22-24-26-28-30-38(42)47-35(33-45-32-31-36(39(43)44)40(3,4)5)34-46-37(41)29-27-25-23-13-11-9-7-2/h18-19,35-36H,6-17,20-34H2,1-5H3/p+1/b19-18-. The zero-order valence-electron chi connectivity index (χ0n) is 31.2. The van der Waals surface area contributed by atoms with Gasteiger partial charge in [0.15, 0.2) is 12.1 Å². The first-order valence-corrected chi connectivity index (χ1v) is 19.2. The number of quaternary nitrogens is 1. The molecular formula is C39H74NO7+. The van der Waals surface area contributed by atoms with Gasteiger partial charge in [0.1, 0.15) is 6.61 Å². The van der Waals surface area contributed by atoms with Crippen LogP contribution in [0.2, 0.25) is 0 Å². The molecule has 0 aliphatic carbocycles. The van der Waals surface area contributed by atoms with Crippen molar-refractivity contribution in [1.29, 1.82) is 0 Å². The molecule has 2 atom stereocenters. The highest BCUT2D eigenvalue weighted by Gasteiger charge is 2.31. The minimum absolute atomic E-state index is 0.0504. The van der Waals surface area contributed by atoms with E-state index in [9.17, 15) is 19.5 Å². The summed E-state index contributed by atoms with van der Waals surface area (Å²) in [5.74, 6) is -1.48. The minimum atomic E-state index is -0.876. The van der Waals surface area contributed by atoms with Gasteiger partial charge in [0.05, 0.1) is 34.4 Å². The zero-order valence-corrected chi connectivity index (χ0v) is 31.2. The van der Waals surface area contributed by atoms with Crippen LogP contribution >= 0.6 is 0 Å². The van der Waals surface area contributed by atoms with Crippen molar-refractivity contribution in [2.24, 2.45) is 0 Å². The summed E-state index contributed by atoms with van der Waals surface area (Å²) in [6.45, 7) is 4.68. The van der Waals surface area contributed by atoms with Crippen LogP contribution in [0.3, 0.4) is 0 Å². The maximum atomic E-state index is 12.6. The number of allylic oxidation sites excluding steroid dienone is 2. The highest BCUT2D eigenvalue weighted by atomic mass is 16.6. The summed E-state index contributed by atoms with van der Waals surface area (Å²) >= 11 is 0. The molecule has 0 bridgehead atoms. The number of carboxylic acid groups (broad SMARTS) is 1. The Morgan fingerprint density at radius 1 is 0.617 bits per heavy atom. The van der Waals surface area contributed by atoms with Gasteiger partial charge in [-0.15, -0.1) is 0 Å². The lowest BCUT2D eigenvalue weighted by molar-refractivity contribution is -0.887. The normalized spacial score (nSPS) is 13.1. The van der Waals surface area contributed by atoms with E-state index < -0.39 is 18.1 Å². The molecule has 0 saturated carbocycles. The summed E-state index contributed by atoms with van der Waals surface area (Å²) in [6.07, 6.45) is 29.8. The molecular weight excluding hydrogens is 594 g/mol. The van der Waals surface area contributed by atoms with Crippen LogP contribution in [0.5, 0.6) is 0 Å². The van der Waals surface area contributed by atoms with Crippen molar-refractivity contribution in [2.75, 3.05) is 41.0 Å².